The number of nitro groups is 2. The van der Waals surface area contributed by atoms with Crippen molar-refractivity contribution in [2.45, 2.75) is 17.7 Å². The molecule has 13 heteroatoms. The number of hydrogen-bond acceptors (Lipinski definition) is 9. The molecule has 0 radical (unpaired) electrons. The molecule has 11 nitrogen and oxygen atoms in total. The molecule has 24 heavy (non-hydrogen) atoms. The molecule has 0 atom stereocenters. The molecule has 1 N–H and O–H groups in total. The predicted octanol–water partition coefficient (Wildman–Crippen LogP) is -3.15. The Morgan fingerprint density at radius 2 is 1.62 bits per heavy atom. The van der Waals surface area contributed by atoms with E-state index in [1.807, 2.05) is 0 Å². The van der Waals surface area contributed by atoms with E-state index in [-0.39, 0.29) is 48.9 Å². The number of carboxylic acids is 1. The van der Waals surface area contributed by atoms with Gasteiger partial charge in [-0.1, -0.05) is 0 Å². The van der Waals surface area contributed by atoms with Gasteiger partial charge in [-0.2, -0.15) is 0 Å². The van der Waals surface area contributed by atoms with Crippen LogP contribution in [0, 0.1) is 20.2 Å². The molecule has 0 spiro atoms. The van der Waals surface area contributed by atoms with E-state index in [9.17, 15) is 38.5 Å². The Balaban J connectivity index is 0.00000529. The smallest absolute Gasteiger partial charge is 0.550 e. The second-order valence-corrected chi connectivity index (χ2v) is 6.54. The Labute approximate surface area is 158 Å². The third kappa shape index (κ3) is 6.03. The van der Waals surface area contributed by atoms with Gasteiger partial charge in [0.25, 0.3) is 0 Å². The normalized spacial score (nSPS) is 10.5. The third-order valence-electron chi connectivity index (χ3n) is 2.75. The molecule has 0 heterocycles. The van der Waals surface area contributed by atoms with Crippen molar-refractivity contribution in [3.05, 3.63) is 32.4 Å². The molecule has 0 amide bonds. The Kier molecular flexibility index (Phi) is 8.26. The second kappa shape index (κ2) is 8.92. The van der Waals surface area contributed by atoms with Crippen molar-refractivity contribution in [2.24, 2.45) is 0 Å². The van der Waals surface area contributed by atoms with Crippen LogP contribution in [-0.2, 0) is 14.6 Å². The first-order valence-corrected chi connectivity index (χ1v) is 8.03. The fourth-order valence-electron chi connectivity index (χ4n) is 1.72. The van der Waals surface area contributed by atoms with Gasteiger partial charge in [0, 0.05) is 30.9 Å². The zero-order chi connectivity index (χ0) is 17.8. The zero-order valence-electron chi connectivity index (χ0n) is 12.8. The molecule has 0 bridgehead atoms. The minimum absolute atomic E-state index is 0. The first kappa shape index (κ1) is 22.2. The molecular formula is C11H12N3NaO8S. The van der Waals surface area contributed by atoms with Gasteiger partial charge in [-0.15, -0.1) is 0 Å². The maximum absolute atomic E-state index is 11.5. The summed E-state index contributed by atoms with van der Waals surface area (Å²) in [7, 11) is -3.89. The van der Waals surface area contributed by atoms with Crippen molar-refractivity contribution in [1.82, 2.24) is 0 Å². The van der Waals surface area contributed by atoms with Gasteiger partial charge in [0.05, 0.1) is 14.7 Å². The van der Waals surface area contributed by atoms with Crippen LogP contribution in [0.3, 0.4) is 0 Å². The number of sulfone groups is 1. The van der Waals surface area contributed by atoms with Crippen LogP contribution in [0.1, 0.15) is 12.8 Å². The number of rotatable bonds is 8. The van der Waals surface area contributed by atoms with E-state index in [2.05, 4.69) is 5.32 Å². The largest absolute Gasteiger partial charge is 1.00 e. The van der Waals surface area contributed by atoms with E-state index < -0.39 is 47.6 Å². The van der Waals surface area contributed by atoms with Gasteiger partial charge in [0.1, 0.15) is 0 Å². The van der Waals surface area contributed by atoms with E-state index in [0.717, 1.165) is 6.26 Å². The van der Waals surface area contributed by atoms with Crippen molar-refractivity contribution < 1.29 is 57.7 Å². The minimum Gasteiger partial charge on any atom is -0.550 e. The number of carboxylic acid groups (broad SMARTS) is 1. The summed E-state index contributed by atoms with van der Waals surface area (Å²) < 4.78 is 23.0. The van der Waals surface area contributed by atoms with Gasteiger partial charge in [-0.3, -0.25) is 20.2 Å². The fourth-order valence-corrected chi connectivity index (χ4v) is 2.37. The number of aliphatic carboxylic acids is 1. The van der Waals surface area contributed by atoms with Crippen molar-refractivity contribution >= 4 is 32.9 Å². The third-order valence-corrected chi connectivity index (χ3v) is 3.84. The number of anilines is 1. The maximum atomic E-state index is 11.5. The van der Waals surface area contributed by atoms with Gasteiger partial charge >= 0.3 is 40.9 Å². The quantitative estimate of drug-likeness (QED) is 0.215. The Morgan fingerprint density at radius 3 is 1.96 bits per heavy atom. The van der Waals surface area contributed by atoms with Crippen LogP contribution in [0.2, 0.25) is 0 Å². The van der Waals surface area contributed by atoms with Crippen molar-refractivity contribution in [3.8, 4) is 0 Å². The van der Waals surface area contributed by atoms with Crippen LogP contribution >= 0.6 is 0 Å². The van der Waals surface area contributed by atoms with Crippen LogP contribution in [0.15, 0.2) is 17.0 Å². The molecule has 0 aliphatic heterocycles. The van der Waals surface area contributed by atoms with Crippen molar-refractivity contribution in [3.63, 3.8) is 0 Å². The van der Waals surface area contributed by atoms with Crippen LogP contribution in [-0.4, -0.2) is 37.0 Å². The summed E-state index contributed by atoms with van der Waals surface area (Å²) >= 11 is 0. The Morgan fingerprint density at radius 1 is 1.17 bits per heavy atom. The molecule has 1 rings (SSSR count). The first-order chi connectivity index (χ1) is 10.5. The standard InChI is InChI=1S/C11H13N3O8S.Na/c1-23(21,22)7-5-8(13(17)18)11(9(6-7)14(19)20)12-4-2-3-10(15)16;/h5-6,12H,2-4H2,1H3,(H,15,16);/q;+1/p-1. The predicted molar refractivity (Wildman–Crippen MR) is 75.6 cm³/mol. The van der Waals surface area contributed by atoms with E-state index in [4.69, 9.17) is 0 Å². The summed E-state index contributed by atoms with van der Waals surface area (Å²) in [4.78, 5) is 29.9. The van der Waals surface area contributed by atoms with Gasteiger partial charge in [0.2, 0.25) is 0 Å². The summed E-state index contributed by atoms with van der Waals surface area (Å²) in [6.07, 6.45) is 0.448. The molecule has 0 fully saturated rings. The van der Waals surface area contributed by atoms with Crippen molar-refractivity contribution in [2.75, 3.05) is 18.1 Å². The van der Waals surface area contributed by atoms with Crippen LogP contribution in [0.4, 0.5) is 17.1 Å². The summed E-state index contributed by atoms with van der Waals surface area (Å²) in [5, 5.41) is 34.8. The molecule has 126 valence electrons. The fraction of sp³-hybridized carbons (Fsp3) is 0.364. The number of carbonyl (C=O) groups is 1. The van der Waals surface area contributed by atoms with Crippen LogP contribution in [0.25, 0.3) is 0 Å². The first-order valence-electron chi connectivity index (χ1n) is 6.14. The summed E-state index contributed by atoms with van der Waals surface area (Å²) in [5.74, 6) is -1.33. The topological polar surface area (TPSA) is 173 Å². The minimum atomic E-state index is -3.89. The molecule has 0 aromatic heterocycles. The molecule has 0 aliphatic carbocycles. The SMILES string of the molecule is CS(=O)(=O)c1cc([N+](=O)[O-])c(NCCCC(=O)[O-])c([N+](=O)[O-])c1.[Na+]. The van der Waals surface area contributed by atoms with Gasteiger partial charge in [-0.05, 0) is 12.8 Å². The van der Waals surface area contributed by atoms with E-state index in [1.54, 1.807) is 0 Å². The average molecular weight is 369 g/mol. The van der Waals surface area contributed by atoms with E-state index in [0.29, 0.717) is 12.1 Å². The monoisotopic (exact) mass is 369 g/mol. The number of nitrogens with one attached hydrogen (secondary N) is 1. The summed E-state index contributed by atoms with van der Waals surface area (Å²) in [5.41, 5.74) is -2.05. The average Bonchev–Trinajstić information content (AvgIpc) is 2.41. The van der Waals surface area contributed by atoms with Crippen LogP contribution < -0.4 is 40.0 Å². The zero-order valence-corrected chi connectivity index (χ0v) is 15.7. The molecule has 0 saturated heterocycles. The van der Waals surface area contributed by atoms with E-state index >= 15 is 0 Å². The number of nitrogens with zero attached hydrogens (tertiary/aromatic N) is 2. The van der Waals surface area contributed by atoms with Crippen LogP contribution in [0.5, 0.6) is 0 Å². The Bertz CT molecular complexity index is 730. The summed E-state index contributed by atoms with van der Waals surface area (Å²) in [6.45, 7) is -0.103. The van der Waals surface area contributed by atoms with Crippen molar-refractivity contribution in [1.29, 1.82) is 0 Å². The summed E-state index contributed by atoms with van der Waals surface area (Å²) in [6, 6.07) is 1.42. The molecular weight excluding hydrogens is 357 g/mol. The molecule has 0 saturated carbocycles. The Hall–Kier alpha value is -1.76. The molecule has 0 unspecified atom stereocenters. The van der Waals surface area contributed by atoms with E-state index in [1.165, 1.54) is 0 Å². The van der Waals surface area contributed by atoms with Gasteiger partial charge in [0.15, 0.2) is 15.5 Å². The number of nitro benzene ring substituents is 2. The van der Waals surface area contributed by atoms with Gasteiger partial charge < -0.3 is 15.2 Å². The number of benzene rings is 1. The second-order valence-electron chi connectivity index (χ2n) is 4.53. The maximum Gasteiger partial charge on any atom is 1.00 e. The molecule has 1 aromatic rings. The molecule has 0 aliphatic rings. The number of carbonyl (C=O) groups excluding carboxylic acids is 1. The van der Waals surface area contributed by atoms with Gasteiger partial charge in [-0.25, -0.2) is 8.42 Å². The molecule has 1 aromatic carbocycles. The number of hydrogen-bond donors (Lipinski definition) is 1.